The van der Waals surface area contributed by atoms with Crippen LogP contribution in [0.1, 0.15) is 65.2 Å². The highest BCUT2D eigenvalue weighted by Crippen LogP contribution is 2.29. The maximum Gasteiger partial charge on any atom is 0.0593 e. The molecular weight excluding hydrogens is 172 g/mol. The fourth-order valence-electron chi connectivity index (χ4n) is 2.74. The van der Waals surface area contributed by atoms with Crippen molar-refractivity contribution in [1.82, 2.24) is 0 Å². The van der Waals surface area contributed by atoms with Crippen LogP contribution >= 0.6 is 0 Å². The van der Waals surface area contributed by atoms with Gasteiger partial charge >= 0.3 is 0 Å². The molecule has 1 fully saturated rings. The minimum atomic E-state index is -0.0342. The third-order valence-electron chi connectivity index (χ3n) is 3.71. The van der Waals surface area contributed by atoms with Crippen molar-refractivity contribution < 1.29 is 5.11 Å². The molecule has 2 atom stereocenters. The van der Waals surface area contributed by atoms with Crippen molar-refractivity contribution in [2.24, 2.45) is 11.8 Å². The molecule has 0 amide bonds. The van der Waals surface area contributed by atoms with Gasteiger partial charge in [0.2, 0.25) is 0 Å². The lowest BCUT2D eigenvalue weighted by Gasteiger charge is -2.26. The molecule has 0 aromatic rings. The van der Waals surface area contributed by atoms with Crippen LogP contribution in [-0.4, -0.2) is 11.2 Å². The van der Waals surface area contributed by atoms with Crippen molar-refractivity contribution in [3.05, 3.63) is 0 Å². The van der Waals surface area contributed by atoms with Gasteiger partial charge in [-0.1, -0.05) is 46.0 Å². The Morgan fingerprint density at radius 2 is 1.71 bits per heavy atom. The monoisotopic (exact) mass is 198 g/mol. The first-order valence-electron chi connectivity index (χ1n) is 6.43. The first-order valence-corrected chi connectivity index (χ1v) is 6.43. The minimum Gasteiger partial charge on any atom is -0.393 e. The fourth-order valence-corrected chi connectivity index (χ4v) is 2.74. The quantitative estimate of drug-likeness (QED) is 0.682. The Morgan fingerprint density at radius 3 is 2.21 bits per heavy atom. The van der Waals surface area contributed by atoms with Gasteiger partial charge in [-0.2, -0.15) is 0 Å². The molecule has 0 bridgehead atoms. The molecule has 1 N–H and O–H groups in total. The molecule has 0 heterocycles. The summed E-state index contributed by atoms with van der Waals surface area (Å²) in [6.07, 6.45) is 10.3. The zero-order chi connectivity index (χ0) is 10.4. The molecule has 1 rings (SSSR count). The molecule has 1 heteroatoms. The van der Waals surface area contributed by atoms with Gasteiger partial charge in [-0.05, 0) is 31.1 Å². The average molecular weight is 198 g/mol. The van der Waals surface area contributed by atoms with Gasteiger partial charge in [0.1, 0.15) is 0 Å². The van der Waals surface area contributed by atoms with Crippen LogP contribution < -0.4 is 0 Å². The van der Waals surface area contributed by atoms with E-state index >= 15 is 0 Å². The molecule has 0 radical (unpaired) electrons. The molecule has 1 aliphatic rings. The maximum absolute atomic E-state index is 10.2. The van der Waals surface area contributed by atoms with Gasteiger partial charge in [-0.3, -0.25) is 0 Å². The molecule has 84 valence electrons. The topological polar surface area (TPSA) is 20.2 Å². The molecule has 1 nitrogen and oxygen atoms in total. The van der Waals surface area contributed by atoms with E-state index in [-0.39, 0.29) is 6.10 Å². The lowest BCUT2D eigenvalue weighted by Crippen LogP contribution is -2.27. The lowest BCUT2D eigenvalue weighted by atomic mass is 9.85. The van der Waals surface area contributed by atoms with E-state index in [1.165, 1.54) is 51.4 Å². The number of aliphatic hydroxyl groups is 1. The Labute approximate surface area is 88.9 Å². The van der Waals surface area contributed by atoms with Gasteiger partial charge in [0.25, 0.3) is 0 Å². The van der Waals surface area contributed by atoms with Gasteiger partial charge < -0.3 is 5.11 Å². The number of rotatable bonds is 4. The fraction of sp³-hybridized carbons (Fsp3) is 1.00. The largest absolute Gasteiger partial charge is 0.393 e. The van der Waals surface area contributed by atoms with E-state index in [0.717, 1.165) is 0 Å². The number of hydrogen-bond donors (Lipinski definition) is 1. The van der Waals surface area contributed by atoms with Crippen LogP contribution in [-0.2, 0) is 0 Å². The van der Waals surface area contributed by atoms with Crippen LogP contribution in [0.2, 0.25) is 0 Å². The van der Waals surface area contributed by atoms with Gasteiger partial charge in [0.15, 0.2) is 0 Å². The summed E-state index contributed by atoms with van der Waals surface area (Å²) in [4.78, 5) is 0. The lowest BCUT2D eigenvalue weighted by molar-refractivity contribution is 0.0465. The third-order valence-corrected chi connectivity index (χ3v) is 3.71. The summed E-state index contributed by atoms with van der Waals surface area (Å²) < 4.78 is 0. The highest BCUT2D eigenvalue weighted by Gasteiger charge is 2.24. The third kappa shape index (κ3) is 3.61. The first kappa shape index (κ1) is 12.0. The maximum atomic E-state index is 10.2. The van der Waals surface area contributed by atoms with Crippen LogP contribution in [0.3, 0.4) is 0 Å². The summed E-state index contributed by atoms with van der Waals surface area (Å²) >= 11 is 0. The van der Waals surface area contributed by atoms with Gasteiger partial charge in [-0.25, -0.2) is 0 Å². The van der Waals surface area contributed by atoms with Crippen molar-refractivity contribution in [2.75, 3.05) is 0 Å². The Morgan fingerprint density at radius 1 is 1.14 bits per heavy atom. The normalized spacial score (nSPS) is 24.2. The highest BCUT2D eigenvalue weighted by molar-refractivity contribution is 4.75. The van der Waals surface area contributed by atoms with Crippen LogP contribution in [0.25, 0.3) is 0 Å². The second-order valence-electron chi connectivity index (χ2n) is 5.01. The molecule has 14 heavy (non-hydrogen) atoms. The summed E-state index contributed by atoms with van der Waals surface area (Å²) in [6, 6.07) is 0. The summed E-state index contributed by atoms with van der Waals surface area (Å²) in [6.45, 7) is 4.41. The highest BCUT2D eigenvalue weighted by atomic mass is 16.3. The number of aliphatic hydroxyl groups excluding tert-OH is 1. The Bertz CT molecular complexity index is 136. The van der Waals surface area contributed by atoms with E-state index in [1.54, 1.807) is 0 Å². The van der Waals surface area contributed by atoms with Crippen LogP contribution in [0.5, 0.6) is 0 Å². The van der Waals surface area contributed by atoms with Crippen LogP contribution in [0, 0.1) is 11.8 Å². The Balaban J connectivity index is 2.36. The van der Waals surface area contributed by atoms with E-state index in [1.807, 2.05) is 0 Å². The molecule has 0 saturated heterocycles. The SMILES string of the molecule is CCCC(C)C(O)C1CCCCCC1. The average Bonchev–Trinajstić information content (AvgIpc) is 2.45. The smallest absolute Gasteiger partial charge is 0.0593 e. The van der Waals surface area contributed by atoms with Gasteiger partial charge in [0, 0.05) is 0 Å². The van der Waals surface area contributed by atoms with Crippen LogP contribution in [0.15, 0.2) is 0 Å². The summed E-state index contributed by atoms with van der Waals surface area (Å²) in [5.41, 5.74) is 0. The van der Waals surface area contributed by atoms with Gasteiger partial charge in [-0.15, -0.1) is 0 Å². The summed E-state index contributed by atoms with van der Waals surface area (Å²) in [7, 11) is 0. The zero-order valence-electron chi connectivity index (χ0n) is 9.84. The molecule has 1 saturated carbocycles. The Hall–Kier alpha value is -0.0400. The van der Waals surface area contributed by atoms with Gasteiger partial charge in [0.05, 0.1) is 6.10 Å². The predicted octanol–water partition coefficient (Wildman–Crippen LogP) is 3.75. The molecule has 2 unspecified atom stereocenters. The molecular formula is C13H26O. The number of hydrogen-bond acceptors (Lipinski definition) is 1. The van der Waals surface area contributed by atoms with Crippen molar-refractivity contribution >= 4 is 0 Å². The van der Waals surface area contributed by atoms with E-state index in [2.05, 4.69) is 13.8 Å². The van der Waals surface area contributed by atoms with Crippen LogP contribution in [0.4, 0.5) is 0 Å². The van der Waals surface area contributed by atoms with Crippen molar-refractivity contribution in [3.8, 4) is 0 Å². The predicted molar refractivity (Wildman–Crippen MR) is 61.3 cm³/mol. The van der Waals surface area contributed by atoms with E-state index in [0.29, 0.717) is 11.8 Å². The van der Waals surface area contributed by atoms with Crippen molar-refractivity contribution in [2.45, 2.75) is 71.3 Å². The first-order chi connectivity index (χ1) is 6.75. The molecule has 0 aromatic heterocycles. The second kappa shape index (κ2) is 6.44. The van der Waals surface area contributed by atoms with Crippen molar-refractivity contribution in [1.29, 1.82) is 0 Å². The molecule has 0 spiro atoms. The van der Waals surface area contributed by atoms with E-state index < -0.39 is 0 Å². The zero-order valence-corrected chi connectivity index (χ0v) is 9.84. The molecule has 0 aromatic carbocycles. The molecule has 0 aliphatic heterocycles. The second-order valence-corrected chi connectivity index (χ2v) is 5.01. The standard InChI is InChI=1S/C13H26O/c1-3-8-11(2)13(14)12-9-6-4-5-7-10-12/h11-14H,3-10H2,1-2H3. The van der Waals surface area contributed by atoms with E-state index in [9.17, 15) is 5.11 Å². The minimum absolute atomic E-state index is 0.0342. The van der Waals surface area contributed by atoms with E-state index in [4.69, 9.17) is 0 Å². The molecule has 1 aliphatic carbocycles. The summed E-state index contributed by atoms with van der Waals surface area (Å²) in [5, 5.41) is 10.2. The summed E-state index contributed by atoms with van der Waals surface area (Å²) in [5.74, 6) is 1.10. The van der Waals surface area contributed by atoms with Crippen molar-refractivity contribution in [3.63, 3.8) is 0 Å². The Kier molecular flexibility index (Phi) is 5.54.